The minimum Gasteiger partial charge on any atom is -0.292 e. The highest BCUT2D eigenvalue weighted by Gasteiger charge is 2.13. The van der Waals surface area contributed by atoms with E-state index in [0.717, 1.165) is 28.1 Å². The lowest BCUT2D eigenvalue weighted by Crippen LogP contribution is -1.98. The van der Waals surface area contributed by atoms with Crippen molar-refractivity contribution in [1.82, 2.24) is 9.55 Å². The van der Waals surface area contributed by atoms with Crippen molar-refractivity contribution < 1.29 is 0 Å². The smallest absolute Gasteiger partial charge is 0.145 e. The maximum atomic E-state index is 4.82. The van der Waals surface area contributed by atoms with Crippen LogP contribution in [0.25, 0.3) is 28.1 Å². The maximum Gasteiger partial charge on any atom is 0.145 e. The molecule has 0 saturated carbocycles. The second-order valence-electron chi connectivity index (χ2n) is 5.05. The first-order chi connectivity index (χ1) is 11.3. The Hall–Kier alpha value is -3.13. The predicted octanol–water partition coefficient (Wildman–Crippen LogP) is 5.47. The summed E-state index contributed by atoms with van der Waals surface area (Å²) >= 11 is 0. The van der Waals surface area contributed by atoms with E-state index in [1.54, 1.807) is 12.2 Å². The third kappa shape index (κ3) is 2.92. The van der Waals surface area contributed by atoms with Gasteiger partial charge in [0.25, 0.3) is 0 Å². The molecule has 0 amide bonds. The molecule has 0 aliphatic carbocycles. The average molecular weight is 298 g/mol. The van der Waals surface area contributed by atoms with E-state index in [1.165, 1.54) is 0 Å². The number of imidazole rings is 1. The molecular formula is C21H18N2. The first-order valence-electron chi connectivity index (χ1n) is 7.50. The Balaban J connectivity index is 2.32. The number of para-hydroxylation sites is 2. The van der Waals surface area contributed by atoms with E-state index in [-0.39, 0.29) is 0 Å². The summed E-state index contributed by atoms with van der Waals surface area (Å²) in [6.07, 6.45) is 9.44. The number of allylic oxidation sites excluding steroid dienone is 6. The zero-order valence-electron chi connectivity index (χ0n) is 12.9. The summed E-state index contributed by atoms with van der Waals surface area (Å²) in [4.78, 5) is 4.82. The fraction of sp³-hybridized carbons (Fsp3) is 0. The molecule has 2 nitrogen and oxygen atoms in total. The second-order valence-corrected chi connectivity index (χ2v) is 5.05. The second kappa shape index (κ2) is 6.75. The minimum absolute atomic E-state index is 0.911. The van der Waals surface area contributed by atoms with Crippen LogP contribution in [0.4, 0.5) is 0 Å². The van der Waals surface area contributed by atoms with E-state index < -0.39 is 0 Å². The molecule has 0 atom stereocenters. The predicted molar refractivity (Wildman–Crippen MR) is 99.0 cm³/mol. The maximum absolute atomic E-state index is 4.82. The number of rotatable bonds is 5. The zero-order valence-corrected chi connectivity index (χ0v) is 12.9. The van der Waals surface area contributed by atoms with Crippen LogP contribution in [0.2, 0.25) is 0 Å². The van der Waals surface area contributed by atoms with Crippen LogP contribution < -0.4 is 0 Å². The molecule has 0 saturated heterocycles. The summed E-state index contributed by atoms with van der Waals surface area (Å²) in [5.41, 5.74) is 4.10. The monoisotopic (exact) mass is 298 g/mol. The van der Waals surface area contributed by atoms with Crippen LogP contribution in [0.15, 0.2) is 98.1 Å². The molecule has 2 heteroatoms. The number of benzene rings is 2. The Labute approximate surface area is 136 Å². The lowest BCUT2D eigenvalue weighted by molar-refractivity contribution is 1.14. The van der Waals surface area contributed by atoms with Crippen LogP contribution in [-0.4, -0.2) is 9.55 Å². The average Bonchev–Trinajstić information content (AvgIpc) is 2.99. The van der Waals surface area contributed by atoms with Gasteiger partial charge in [0, 0.05) is 11.3 Å². The quantitative estimate of drug-likeness (QED) is 0.571. The number of fused-ring (bicyclic) bond motifs is 1. The van der Waals surface area contributed by atoms with Crippen molar-refractivity contribution in [3.05, 3.63) is 98.1 Å². The van der Waals surface area contributed by atoms with Gasteiger partial charge in [-0.15, -0.1) is 0 Å². The normalized spacial score (nSPS) is 11.9. The van der Waals surface area contributed by atoms with Crippen LogP contribution in [0, 0.1) is 0 Å². The molecule has 0 radical (unpaired) electrons. The summed E-state index contributed by atoms with van der Waals surface area (Å²) in [6, 6.07) is 18.3. The SMILES string of the molecule is C=C/C=C\C(=C/C=C)n1c(-c2ccccc2)nc2ccccc21. The van der Waals surface area contributed by atoms with Crippen LogP contribution in [-0.2, 0) is 0 Å². The third-order valence-corrected chi connectivity index (χ3v) is 3.54. The first-order valence-corrected chi connectivity index (χ1v) is 7.50. The molecule has 0 aliphatic rings. The molecule has 23 heavy (non-hydrogen) atoms. The highest BCUT2D eigenvalue weighted by molar-refractivity contribution is 5.86. The number of hydrogen-bond acceptors (Lipinski definition) is 1. The molecule has 1 heterocycles. The summed E-state index contributed by atoms with van der Waals surface area (Å²) < 4.78 is 2.15. The molecule has 0 spiro atoms. The van der Waals surface area contributed by atoms with Crippen LogP contribution in [0.5, 0.6) is 0 Å². The lowest BCUT2D eigenvalue weighted by Gasteiger charge is -2.10. The lowest BCUT2D eigenvalue weighted by atomic mass is 10.2. The van der Waals surface area contributed by atoms with Gasteiger partial charge < -0.3 is 0 Å². The van der Waals surface area contributed by atoms with Gasteiger partial charge in [0.1, 0.15) is 5.82 Å². The van der Waals surface area contributed by atoms with Gasteiger partial charge in [-0.1, -0.05) is 73.9 Å². The van der Waals surface area contributed by atoms with E-state index >= 15 is 0 Å². The Morgan fingerprint density at radius 1 is 0.913 bits per heavy atom. The van der Waals surface area contributed by atoms with Crippen molar-refractivity contribution in [3.63, 3.8) is 0 Å². The van der Waals surface area contributed by atoms with E-state index in [1.807, 2.05) is 54.6 Å². The number of hydrogen-bond donors (Lipinski definition) is 0. The van der Waals surface area contributed by atoms with Crippen molar-refractivity contribution in [2.24, 2.45) is 0 Å². The van der Waals surface area contributed by atoms with Gasteiger partial charge in [0.2, 0.25) is 0 Å². The summed E-state index contributed by atoms with van der Waals surface area (Å²) in [6.45, 7) is 7.58. The summed E-state index contributed by atoms with van der Waals surface area (Å²) in [5.74, 6) is 0.911. The van der Waals surface area contributed by atoms with Crippen LogP contribution >= 0.6 is 0 Å². The fourth-order valence-electron chi connectivity index (χ4n) is 2.56. The summed E-state index contributed by atoms with van der Waals surface area (Å²) in [7, 11) is 0. The van der Waals surface area contributed by atoms with Crippen molar-refractivity contribution in [1.29, 1.82) is 0 Å². The highest BCUT2D eigenvalue weighted by atomic mass is 15.1. The molecule has 3 aromatic rings. The Kier molecular flexibility index (Phi) is 4.34. The molecule has 0 N–H and O–H groups in total. The number of aromatic nitrogens is 2. The zero-order chi connectivity index (χ0) is 16.1. The standard InChI is InChI=1S/C21H18N2/c1-3-5-14-18(11-4-2)23-20-16-10-9-15-19(20)22-21(23)17-12-7-6-8-13-17/h3-16H,1-2H2/b14-5-,18-11+. The van der Waals surface area contributed by atoms with Crippen molar-refractivity contribution in [3.8, 4) is 11.4 Å². The van der Waals surface area contributed by atoms with Gasteiger partial charge >= 0.3 is 0 Å². The molecule has 0 unspecified atom stereocenters. The fourth-order valence-corrected chi connectivity index (χ4v) is 2.56. The minimum atomic E-state index is 0.911. The van der Waals surface area contributed by atoms with E-state index in [4.69, 9.17) is 4.98 Å². The van der Waals surface area contributed by atoms with Crippen molar-refractivity contribution >= 4 is 16.7 Å². The molecule has 2 aromatic carbocycles. The van der Waals surface area contributed by atoms with Crippen molar-refractivity contribution in [2.45, 2.75) is 0 Å². The van der Waals surface area contributed by atoms with Gasteiger partial charge in [-0.25, -0.2) is 4.98 Å². The number of nitrogens with zero attached hydrogens (tertiary/aromatic N) is 2. The van der Waals surface area contributed by atoms with E-state index in [0.29, 0.717) is 0 Å². The third-order valence-electron chi connectivity index (χ3n) is 3.54. The largest absolute Gasteiger partial charge is 0.292 e. The Bertz CT molecular complexity index is 896. The molecule has 0 bridgehead atoms. The molecule has 1 aromatic heterocycles. The van der Waals surface area contributed by atoms with Gasteiger partial charge in [-0.2, -0.15) is 0 Å². The molecular weight excluding hydrogens is 280 g/mol. The van der Waals surface area contributed by atoms with E-state index in [9.17, 15) is 0 Å². The molecule has 112 valence electrons. The van der Waals surface area contributed by atoms with Gasteiger partial charge in [-0.3, -0.25) is 4.57 Å². The highest BCUT2D eigenvalue weighted by Crippen LogP contribution is 2.28. The molecule has 0 aliphatic heterocycles. The Morgan fingerprint density at radius 2 is 1.65 bits per heavy atom. The van der Waals surface area contributed by atoms with Gasteiger partial charge in [-0.05, 0) is 24.3 Å². The Morgan fingerprint density at radius 3 is 2.39 bits per heavy atom. The summed E-state index contributed by atoms with van der Waals surface area (Å²) in [5, 5.41) is 0. The van der Waals surface area contributed by atoms with Crippen molar-refractivity contribution in [2.75, 3.05) is 0 Å². The first kappa shape index (κ1) is 14.8. The van der Waals surface area contributed by atoms with Crippen LogP contribution in [0.1, 0.15) is 0 Å². The van der Waals surface area contributed by atoms with Gasteiger partial charge in [0.05, 0.1) is 11.0 Å². The molecule has 0 fully saturated rings. The van der Waals surface area contributed by atoms with Crippen LogP contribution in [0.3, 0.4) is 0 Å². The van der Waals surface area contributed by atoms with E-state index in [2.05, 4.69) is 35.9 Å². The molecule has 3 rings (SSSR count). The topological polar surface area (TPSA) is 17.8 Å². The van der Waals surface area contributed by atoms with Gasteiger partial charge in [0.15, 0.2) is 0 Å².